The minimum absolute atomic E-state index is 0.0148. The molecule has 0 saturated heterocycles. The van der Waals surface area contributed by atoms with Crippen LogP contribution in [0.4, 0.5) is 13.2 Å². The molecule has 1 aliphatic rings. The summed E-state index contributed by atoms with van der Waals surface area (Å²) < 4.78 is 39.1. The minimum Gasteiger partial charge on any atom is -0.352 e. The lowest BCUT2D eigenvalue weighted by Gasteiger charge is -2.29. The molecule has 1 N–H and O–H groups in total. The van der Waals surface area contributed by atoms with Crippen LogP contribution in [-0.4, -0.2) is 16.5 Å². The highest BCUT2D eigenvalue weighted by Gasteiger charge is 2.31. The van der Waals surface area contributed by atoms with Crippen molar-refractivity contribution >= 4 is 5.91 Å². The quantitative estimate of drug-likeness (QED) is 0.882. The molecule has 0 aliphatic heterocycles. The summed E-state index contributed by atoms with van der Waals surface area (Å²) in [5.41, 5.74) is -0.290. The molecule has 3 rings (SSSR count). The van der Waals surface area contributed by atoms with E-state index in [0.717, 1.165) is 42.4 Å². The zero-order valence-corrected chi connectivity index (χ0v) is 14.7. The summed E-state index contributed by atoms with van der Waals surface area (Å²) in [6.07, 6.45) is -0.363. The maximum absolute atomic E-state index is 12.8. The van der Waals surface area contributed by atoms with E-state index in [9.17, 15) is 22.8 Å². The first-order chi connectivity index (χ1) is 12.8. The molecule has 2 aromatic rings. The molecule has 0 spiro atoms. The van der Waals surface area contributed by atoms with Crippen molar-refractivity contribution in [1.29, 1.82) is 0 Å². The highest BCUT2D eigenvalue weighted by Crippen LogP contribution is 2.32. The molecule has 1 aromatic heterocycles. The molecule has 7 heteroatoms. The summed E-state index contributed by atoms with van der Waals surface area (Å²) in [4.78, 5) is 23.9. The molecule has 0 bridgehead atoms. The Morgan fingerprint density at radius 2 is 1.70 bits per heavy atom. The fourth-order valence-corrected chi connectivity index (χ4v) is 3.55. The van der Waals surface area contributed by atoms with Crippen molar-refractivity contribution in [2.45, 2.75) is 50.4 Å². The second-order valence-electron chi connectivity index (χ2n) is 6.91. The van der Waals surface area contributed by atoms with Gasteiger partial charge in [-0.3, -0.25) is 9.59 Å². The Labute approximate surface area is 155 Å². The van der Waals surface area contributed by atoms with Gasteiger partial charge in [0.05, 0.1) is 5.56 Å². The molecule has 1 aliphatic carbocycles. The number of hydrogen-bond donors (Lipinski definition) is 1. The third-order valence-corrected chi connectivity index (χ3v) is 4.99. The zero-order chi connectivity index (χ0) is 19.4. The van der Waals surface area contributed by atoms with Crippen molar-refractivity contribution in [3.05, 3.63) is 70.1 Å². The molecule has 4 nitrogen and oxygen atoms in total. The highest BCUT2D eigenvalue weighted by molar-refractivity contribution is 5.76. The third kappa shape index (κ3) is 4.99. The Morgan fingerprint density at radius 1 is 1.04 bits per heavy atom. The Balaban J connectivity index is 1.56. The van der Waals surface area contributed by atoms with Gasteiger partial charge in [0, 0.05) is 18.3 Å². The van der Waals surface area contributed by atoms with Gasteiger partial charge >= 0.3 is 6.18 Å². The van der Waals surface area contributed by atoms with Crippen LogP contribution in [0.3, 0.4) is 0 Å². The van der Waals surface area contributed by atoms with Crippen molar-refractivity contribution in [3.8, 4) is 0 Å². The molecular formula is C20H21F3N2O2. The minimum atomic E-state index is -4.55. The second kappa shape index (κ2) is 7.98. The lowest BCUT2D eigenvalue weighted by Crippen LogP contribution is -2.40. The zero-order valence-electron chi connectivity index (χ0n) is 14.7. The Kier molecular flexibility index (Phi) is 5.68. The number of carbonyl (C=O) groups excluding carboxylic acids is 1. The molecule has 1 heterocycles. The summed E-state index contributed by atoms with van der Waals surface area (Å²) >= 11 is 0. The van der Waals surface area contributed by atoms with Crippen molar-refractivity contribution in [3.63, 3.8) is 0 Å². The molecule has 0 atom stereocenters. The number of carbonyl (C=O) groups is 1. The smallest absolute Gasteiger partial charge is 0.352 e. The molecule has 1 saturated carbocycles. The van der Waals surface area contributed by atoms with Gasteiger partial charge in [0.15, 0.2) is 0 Å². The van der Waals surface area contributed by atoms with Crippen LogP contribution in [0.2, 0.25) is 0 Å². The van der Waals surface area contributed by atoms with E-state index in [1.807, 2.05) is 18.2 Å². The number of hydrogen-bond acceptors (Lipinski definition) is 2. The average molecular weight is 378 g/mol. The highest BCUT2D eigenvalue weighted by atomic mass is 19.4. The maximum atomic E-state index is 12.8. The van der Waals surface area contributed by atoms with Crippen molar-refractivity contribution < 1.29 is 18.0 Å². The standard InChI is InChI=1S/C20H21F3N2O2/c21-20(22,23)16-8-11-19(27)25(12-16)13-18(26)24-17-9-6-15(7-10-17)14-4-2-1-3-5-14/h1-5,8,11-12,15,17H,6-7,9-10,13H2,(H,24,26). The van der Waals surface area contributed by atoms with E-state index in [1.54, 1.807) is 0 Å². The number of benzene rings is 1. The summed E-state index contributed by atoms with van der Waals surface area (Å²) in [6.45, 7) is -0.415. The molecule has 27 heavy (non-hydrogen) atoms. The number of amides is 1. The van der Waals surface area contributed by atoms with Crippen molar-refractivity contribution in [2.75, 3.05) is 0 Å². The van der Waals surface area contributed by atoms with Crippen LogP contribution in [0.5, 0.6) is 0 Å². The molecule has 144 valence electrons. The topological polar surface area (TPSA) is 51.1 Å². The van der Waals surface area contributed by atoms with Crippen molar-refractivity contribution in [1.82, 2.24) is 9.88 Å². The number of aromatic nitrogens is 1. The normalized spacial score (nSPS) is 20.3. The average Bonchev–Trinajstić information content (AvgIpc) is 2.64. The largest absolute Gasteiger partial charge is 0.417 e. The molecular weight excluding hydrogens is 357 g/mol. The first-order valence-electron chi connectivity index (χ1n) is 8.95. The maximum Gasteiger partial charge on any atom is 0.417 e. The van der Waals surface area contributed by atoms with Crippen LogP contribution in [0.15, 0.2) is 53.5 Å². The Bertz CT molecular complexity index is 838. The fourth-order valence-electron chi connectivity index (χ4n) is 3.55. The summed E-state index contributed by atoms with van der Waals surface area (Å²) in [5, 5.41) is 2.84. The SMILES string of the molecule is O=C(Cn1cc(C(F)(F)F)ccc1=O)NC1CCC(c2ccccc2)CC1. The third-order valence-electron chi connectivity index (χ3n) is 4.99. The van der Waals surface area contributed by atoms with Crippen LogP contribution in [0, 0.1) is 0 Å². The first kappa shape index (κ1) is 19.2. The van der Waals surface area contributed by atoms with Crippen LogP contribution in [0.25, 0.3) is 0 Å². The van der Waals surface area contributed by atoms with E-state index in [-0.39, 0.29) is 6.04 Å². The fraction of sp³-hybridized carbons (Fsp3) is 0.400. The lowest BCUT2D eigenvalue weighted by atomic mass is 9.82. The van der Waals surface area contributed by atoms with Crippen molar-refractivity contribution in [2.24, 2.45) is 0 Å². The van der Waals surface area contributed by atoms with Gasteiger partial charge in [0.1, 0.15) is 6.54 Å². The summed E-state index contributed by atoms with van der Waals surface area (Å²) in [6, 6.07) is 11.7. The Hall–Kier alpha value is -2.57. The lowest BCUT2D eigenvalue weighted by molar-refractivity contribution is -0.138. The van der Waals surface area contributed by atoms with E-state index >= 15 is 0 Å². The number of nitrogens with one attached hydrogen (secondary N) is 1. The number of alkyl halides is 3. The monoisotopic (exact) mass is 378 g/mol. The van der Waals surface area contributed by atoms with E-state index in [4.69, 9.17) is 0 Å². The van der Waals surface area contributed by atoms with E-state index in [2.05, 4.69) is 17.4 Å². The van der Waals surface area contributed by atoms with Gasteiger partial charge in [-0.15, -0.1) is 0 Å². The van der Waals surface area contributed by atoms with Crippen LogP contribution < -0.4 is 10.9 Å². The molecule has 1 fully saturated rings. The Morgan fingerprint density at radius 3 is 2.33 bits per heavy atom. The van der Waals surface area contributed by atoms with Gasteiger partial charge in [-0.25, -0.2) is 0 Å². The van der Waals surface area contributed by atoms with Gasteiger partial charge < -0.3 is 9.88 Å². The van der Waals surface area contributed by atoms with Gasteiger partial charge in [-0.05, 0) is 43.2 Å². The van der Waals surface area contributed by atoms with E-state index in [0.29, 0.717) is 12.1 Å². The van der Waals surface area contributed by atoms with Crippen LogP contribution in [-0.2, 0) is 17.5 Å². The molecule has 0 unspecified atom stereocenters. The van der Waals surface area contributed by atoms with Crippen LogP contribution in [0.1, 0.15) is 42.7 Å². The molecule has 1 amide bonds. The first-order valence-corrected chi connectivity index (χ1v) is 8.95. The van der Waals surface area contributed by atoms with Gasteiger partial charge in [0.25, 0.3) is 5.56 Å². The molecule has 1 aromatic carbocycles. The number of halogens is 3. The second-order valence-corrected chi connectivity index (χ2v) is 6.91. The number of nitrogens with zero attached hydrogens (tertiary/aromatic N) is 1. The van der Waals surface area contributed by atoms with Gasteiger partial charge in [-0.2, -0.15) is 13.2 Å². The predicted molar refractivity (Wildman–Crippen MR) is 95.3 cm³/mol. The predicted octanol–water partition coefficient (Wildman–Crippen LogP) is 3.71. The number of pyridine rings is 1. The van der Waals surface area contributed by atoms with Crippen LogP contribution >= 0.6 is 0 Å². The number of rotatable bonds is 4. The van der Waals surface area contributed by atoms with E-state index < -0.39 is 29.8 Å². The summed E-state index contributed by atoms with van der Waals surface area (Å²) in [5.74, 6) is 0.0185. The van der Waals surface area contributed by atoms with E-state index in [1.165, 1.54) is 5.56 Å². The molecule has 0 radical (unpaired) electrons. The van der Waals surface area contributed by atoms with Gasteiger partial charge in [0.2, 0.25) is 5.91 Å². The summed E-state index contributed by atoms with van der Waals surface area (Å²) in [7, 11) is 0. The van der Waals surface area contributed by atoms with Gasteiger partial charge in [-0.1, -0.05) is 30.3 Å².